The molecule has 2 aromatic heterocycles. The molecule has 0 aliphatic rings. The Labute approximate surface area is 111 Å². The van der Waals surface area contributed by atoms with Crippen molar-refractivity contribution in [2.75, 3.05) is 11.3 Å². The van der Waals surface area contributed by atoms with Gasteiger partial charge in [-0.25, -0.2) is 0 Å². The average molecular weight is 284 g/mol. The molecule has 8 nitrogen and oxygen atoms in total. The minimum atomic E-state index is -3.72. The van der Waals surface area contributed by atoms with Crippen LogP contribution in [0.5, 0.6) is 0 Å². The van der Waals surface area contributed by atoms with Gasteiger partial charge in [0.2, 0.25) is 5.03 Å². The van der Waals surface area contributed by atoms with Crippen molar-refractivity contribution in [2.45, 2.75) is 25.4 Å². The molecule has 9 heteroatoms. The lowest BCUT2D eigenvalue weighted by atomic mass is 10.2. The van der Waals surface area contributed by atoms with Crippen LogP contribution in [0.25, 0.3) is 0 Å². The molecule has 0 aliphatic carbocycles. The van der Waals surface area contributed by atoms with Crippen molar-refractivity contribution in [2.24, 2.45) is 0 Å². The maximum atomic E-state index is 12.2. The van der Waals surface area contributed by atoms with Gasteiger partial charge in [-0.3, -0.25) is 14.9 Å². The van der Waals surface area contributed by atoms with Gasteiger partial charge >= 0.3 is 0 Å². The quantitative estimate of drug-likeness (QED) is 0.611. The molecule has 0 amide bonds. The number of hydrogen-bond donors (Lipinski definition) is 4. The number of aromatic amines is 2. The Balaban J connectivity index is 2.30. The van der Waals surface area contributed by atoms with E-state index >= 15 is 0 Å². The van der Waals surface area contributed by atoms with Crippen LogP contribution in [0.15, 0.2) is 17.4 Å². The lowest BCUT2D eigenvalue weighted by Gasteiger charge is -2.06. The van der Waals surface area contributed by atoms with E-state index in [1.807, 2.05) is 6.92 Å². The summed E-state index contributed by atoms with van der Waals surface area (Å²) in [4.78, 5) is 0. The molecule has 19 heavy (non-hydrogen) atoms. The zero-order valence-electron chi connectivity index (χ0n) is 10.7. The highest BCUT2D eigenvalue weighted by Gasteiger charge is 2.23. The molecule has 0 radical (unpaired) electrons. The molecule has 0 bridgehead atoms. The fraction of sp³-hybridized carbons (Fsp3) is 0.400. The van der Waals surface area contributed by atoms with E-state index in [4.69, 9.17) is 0 Å². The molecule has 0 saturated carbocycles. The highest BCUT2D eigenvalue weighted by Crippen LogP contribution is 2.19. The summed E-state index contributed by atoms with van der Waals surface area (Å²) < 4.78 is 26.9. The van der Waals surface area contributed by atoms with E-state index in [-0.39, 0.29) is 5.03 Å². The topological polar surface area (TPSA) is 116 Å². The molecular weight excluding hydrogens is 268 g/mol. The van der Waals surface area contributed by atoms with Crippen LogP contribution in [0.4, 0.5) is 5.69 Å². The van der Waals surface area contributed by atoms with Gasteiger partial charge in [0, 0.05) is 24.0 Å². The molecule has 0 unspecified atom stereocenters. The van der Waals surface area contributed by atoms with E-state index in [1.165, 1.54) is 12.4 Å². The van der Waals surface area contributed by atoms with Gasteiger partial charge in [-0.15, -0.1) is 0 Å². The zero-order chi connectivity index (χ0) is 13.9. The summed E-state index contributed by atoms with van der Waals surface area (Å²) in [5.41, 5.74) is 1.74. The fourth-order valence-electron chi connectivity index (χ4n) is 1.62. The van der Waals surface area contributed by atoms with Gasteiger partial charge in [0.25, 0.3) is 10.0 Å². The first kappa shape index (κ1) is 13.6. The maximum Gasteiger partial charge on any atom is 0.281 e. The number of nitrogens with zero attached hydrogens (tertiary/aromatic N) is 2. The zero-order valence-corrected chi connectivity index (χ0v) is 11.5. The Morgan fingerprint density at radius 3 is 2.84 bits per heavy atom. The molecule has 104 valence electrons. The van der Waals surface area contributed by atoms with E-state index in [9.17, 15) is 8.42 Å². The summed E-state index contributed by atoms with van der Waals surface area (Å²) in [6.07, 6.45) is 2.85. The molecule has 0 aliphatic heterocycles. The molecule has 0 saturated heterocycles. The number of rotatable bonds is 6. The molecule has 2 heterocycles. The highest BCUT2D eigenvalue weighted by molar-refractivity contribution is 7.92. The molecule has 2 aromatic rings. The van der Waals surface area contributed by atoms with E-state index < -0.39 is 10.0 Å². The van der Waals surface area contributed by atoms with Crippen molar-refractivity contribution < 1.29 is 8.42 Å². The van der Waals surface area contributed by atoms with Crippen LogP contribution in [-0.4, -0.2) is 35.4 Å². The Morgan fingerprint density at radius 1 is 1.42 bits per heavy atom. The summed E-state index contributed by atoms with van der Waals surface area (Å²) in [6, 6.07) is 0. The number of aromatic nitrogens is 4. The van der Waals surface area contributed by atoms with Crippen LogP contribution in [-0.2, 0) is 16.6 Å². The minimum absolute atomic E-state index is 0.00662. The molecule has 0 spiro atoms. The molecule has 0 atom stereocenters. The Bertz CT molecular complexity index is 631. The van der Waals surface area contributed by atoms with Crippen molar-refractivity contribution in [1.82, 2.24) is 25.7 Å². The van der Waals surface area contributed by atoms with Gasteiger partial charge in [0.05, 0.1) is 11.9 Å². The van der Waals surface area contributed by atoms with E-state index in [2.05, 4.69) is 30.4 Å². The lowest BCUT2D eigenvalue weighted by Crippen LogP contribution is -2.18. The van der Waals surface area contributed by atoms with Crippen molar-refractivity contribution in [3.63, 3.8) is 0 Å². The van der Waals surface area contributed by atoms with Crippen molar-refractivity contribution >= 4 is 15.7 Å². The second kappa shape index (κ2) is 5.41. The van der Waals surface area contributed by atoms with Gasteiger partial charge in [-0.1, -0.05) is 6.92 Å². The number of H-pyrrole nitrogens is 2. The number of hydrogen-bond acceptors (Lipinski definition) is 5. The van der Waals surface area contributed by atoms with Crippen molar-refractivity contribution in [3.05, 3.63) is 23.7 Å². The van der Waals surface area contributed by atoms with Gasteiger partial charge in [-0.2, -0.15) is 18.6 Å². The first-order chi connectivity index (χ1) is 9.04. The maximum absolute atomic E-state index is 12.2. The van der Waals surface area contributed by atoms with Gasteiger partial charge < -0.3 is 5.32 Å². The SMILES string of the molecule is CCNCc1c(S(=O)(=O)Nc2cn[nH]c2)n[nH]c1C. The first-order valence-electron chi connectivity index (χ1n) is 5.80. The van der Waals surface area contributed by atoms with Crippen LogP contribution < -0.4 is 10.0 Å². The summed E-state index contributed by atoms with van der Waals surface area (Å²) >= 11 is 0. The number of sulfonamides is 1. The summed E-state index contributed by atoms with van der Waals surface area (Å²) in [7, 11) is -3.72. The van der Waals surface area contributed by atoms with Crippen molar-refractivity contribution in [1.29, 1.82) is 0 Å². The molecule has 0 fully saturated rings. The van der Waals surface area contributed by atoms with E-state index in [0.29, 0.717) is 17.8 Å². The molecule has 4 N–H and O–H groups in total. The highest BCUT2D eigenvalue weighted by atomic mass is 32.2. The summed E-state index contributed by atoms with van der Waals surface area (Å²) in [5.74, 6) is 0. The minimum Gasteiger partial charge on any atom is -0.313 e. The Hall–Kier alpha value is -1.87. The van der Waals surface area contributed by atoms with Crippen LogP contribution in [0, 0.1) is 6.92 Å². The average Bonchev–Trinajstić information content (AvgIpc) is 2.96. The predicted molar refractivity (Wildman–Crippen MR) is 70.1 cm³/mol. The summed E-state index contributed by atoms with van der Waals surface area (Å²) in [5, 5.41) is 15.9. The van der Waals surface area contributed by atoms with Gasteiger partial charge in [-0.05, 0) is 13.5 Å². The van der Waals surface area contributed by atoms with Gasteiger partial charge in [0.15, 0.2) is 0 Å². The van der Waals surface area contributed by atoms with E-state index in [1.54, 1.807) is 6.92 Å². The van der Waals surface area contributed by atoms with Crippen LogP contribution in [0.2, 0.25) is 0 Å². The first-order valence-corrected chi connectivity index (χ1v) is 7.29. The standard InChI is InChI=1S/C10H16N6O2S/c1-3-11-6-9-7(2)14-15-10(9)19(17,18)16-8-4-12-13-5-8/h4-5,11,16H,3,6H2,1-2H3,(H,12,13)(H,14,15). The number of anilines is 1. The third-order valence-corrected chi connectivity index (χ3v) is 3.94. The second-order valence-corrected chi connectivity index (χ2v) is 5.60. The monoisotopic (exact) mass is 284 g/mol. The number of nitrogens with one attached hydrogen (secondary N) is 4. The van der Waals surface area contributed by atoms with Gasteiger partial charge in [0.1, 0.15) is 0 Å². The third-order valence-electron chi connectivity index (χ3n) is 2.59. The predicted octanol–water partition coefficient (Wildman–Crippen LogP) is 0.352. The third kappa shape index (κ3) is 2.93. The largest absolute Gasteiger partial charge is 0.313 e. The second-order valence-electron chi connectivity index (χ2n) is 4.01. The van der Waals surface area contributed by atoms with Crippen LogP contribution in [0.1, 0.15) is 18.2 Å². The molecule has 2 rings (SSSR count). The lowest BCUT2D eigenvalue weighted by molar-refractivity contribution is 0.594. The smallest absolute Gasteiger partial charge is 0.281 e. The molecular formula is C10H16N6O2S. The van der Waals surface area contributed by atoms with Crippen molar-refractivity contribution in [3.8, 4) is 0 Å². The molecule has 0 aromatic carbocycles. The van der Waals surface area contributed by atoms with E-state index in [0.717, 1.165) is 12.2 Å². The normalized spacial score (nSPS) is 11.7. The summed E-state index contributed by atoms with van der Waals surface area (Å²) in [6.45, 7) is 4.93. The van der Waals surface area contributed by atoms with Crippen LogP contribution in [0.3, 0.4) is 0 Å². The number of aryl methyl sites for hydroxylation is 1. The fourth-order valence-corrected chi connectivity index (χ4v) is 2.85. The Morgan fingerprint density at radius 2 is 2.21 bits per heavy atom. The Kier molecular flexibility index (Phi) is 3.86. The van der Waals surface area contributed by atoms with Crippen LogP contribution >= 0.6 is 0 Å².